The summed E-state index contributed by atoms with van der Waals surface area (Å²) in [6.45, 7) is 7.00. The molecule has 0 aromatic carbocycles. The predicted molar refractivity (Wildman–Crippen MR) is 206 cm³/mol. The third-order valence-electron chi connectivity index (χ3n) is 17.3. The van der Waals surface area contributed by atoms with Gasteiger partial charge in [-0.05, 0) is 188 Å². The maximum absolute atomic E-state index is 11.4. The fourth-order valence-corrected chi connectivity index (χ4v) is 14.4. The monoisotopic (exact) mass is 694 g/mol. The van der Waals surface area contributed by atoms with Gasteiger partial charge in [0.25, 0.3) is 0 Å². The third kappa shape index (κ3) is 8.84. The lowest BCUT2D eigenvalue weighted by Gasteiger charge is -2.51. The van der Waals surface area contributed by atoms with Gasteiger partial charge < -0.3 is 9.47 Å². The van der Waals surface area contributed by atoms with Gasteiger partial charge in [-0.2, -0.15) is 0 Å². The molecule has 7 fully saturated rings. The fourth-order valence-electron chi connectivity index (χ4n) is 14.4. The highest BCUT2D eigenvalue weighted by Crippen LogP contribution is 2.63. The Balaban J connectivity index is 0.942. The summed E-state index contributed by atoms with van der Waals surface area (Å²) >= 11 is 0. The predicted octanol–water partition coefficient (Wildman–Crippen LogP) is 11.9. The minimum atomic E-state index is -0.0960. The quantitative estimate of drug-likeness (QED) is 0.202. The lowest BCUT2D eigenvalue weighted by atomic mass is 9.66. The maximum Gasteiger partial charge on any atom is 0.302 e. The Morgan fingerprint density at radius 2 is 0.980 bits per heavy atom. The number of rotatable bonds is 11. The molecule has 0 aromatic heterocycles. The van der Waals surface area contributed by atoms with Crippen LogP contribution in [0.2, 0.25) is 0 Å². The van der Waals surface area contributed by atoms with Gasteiger partial charge in [-0.1, -0.05) is 52.4 Å². The second kappa shape index (κ2) is 17.2. The van der Waals surface area contributed by atoms with Crippen molar-refractivity contribution in [1.82, 2.24) is 4.90 Å². The van der Waals surface area contributed by atoms with Crippen LogP contribution in [-0.2, 0) is 14.3 Å². The minimum Gasteiger partial charge on any atom is -0.463 e. The number of fused-ring (bicyclic) bond motifs is 3. The Hall–Kier alpha value is -0.610. The molecule has 0 radical (unpaired) electrons. The Morgan fingerprint density at radius 3 is 1.48 bits per heavy atom. The molecule has 5 atom stereocenters. The molecule has 0 saturated heterocycles. The number of ether oxygens (including phenoxy) is 2. The molecule has 0 amide bonds. The highest BCUT2D eigenvalue weighted by Gasteiger charge is 2.57. The average molecular weight is 694 g/mol. The lowest BCUT2D eigenvalue weighted by molar-refractivity contribution is -0.148. The van der Waals surface area contributed by atoms with Crippen molar-refractivity contribution in [2.75, 3.05) is 7.11 Å². The van der Waals surface area contributed by atoms with Crippen LogP contribution in [0.1, 0.15) is 194 Å². The van der Waals surface area contributed by atoms with Crippen molar-refractivity contribution in [2.24, 2.45) is 52.8 Å². The fraction of sp³-hybridized carbons (Fsp3) is 0.978. The first-order valence-electron chi connectivity index (χ1n) is 22.8. The molecule has 0 spiro atoms. The number of nitrogens with zero attached hydrogens (tertiary/aromatic N) is 1. The second-order valence-electron chi connectivity index (χ2n) is 20.2. The molecule has 7 rings (SSSR count). The van der Waals surface area contributed by atoms with Gasteiger partial charge in [-0.25, -0.2) is 0 Å². The van der Waals surface area contributed by atoms with Crippen molar-refractivity contribution in [1.29, 1.82) is 0 Å². The van der Waals surface area contributed by atoms with E-state index in [0.717, 1.165) is 78.3 Å². The molecule has 0 aliphatic heterocycles. The first-order valence-corrected chi connectivity index (χ1v) is 22.8. The standard InChI is InChI=1S/C46H79NO3/c1-32(48)50-41-28-19-36(20-29-41)12-10-34-15-23-38(24-16-34)47(37-21-13-33(14-22-37)9-11-35-17-26-40(49-4)27-18-35)39-25-30-43-42-7-5-6-8-44(42)46(2,3)45(43)31-39/h33-45H,5-31H2,1-4H3. The van der Waals surface area contributed by atoms with E-state index in [0.29, 0.717) is 11.5 Å². The molecule has 4 heteroatoms. The smallest absolute Gasteiger partial charge is 0.302 e. The molecule has 4 nitrogen and oxygen atoms in total. The van der Waals surface area contributed by atoms with E-state index in [1.807, 2.05) is 7.11 Å². The van der Waals surface area contributed by atoms with Crippen molar-refractivity contribution in [3.63, 3.8) is 0 Å². The van der Waals surface area contributed by atoms with Gasteiger partial charge in [0.2, 0.25) is 0 Å². The normalized spacial score (nSPS) is 43.6. The van der Waals surface area contributed by atoms with E-state index < -0.39 is 0 Å². The summed E-state index contributed by atoms with van der Waals surface area (Å²) in [5.41, 5.74) is 0.551. The van der Waals surface area contributed by atoms with E-state index >= 15 is 0 Å². The van der Waals surface area contributed by atoms with Crippen LogP contribution in [-0.4, -0.2) is 48.3 Å². The molecule has 0 bridgehead atoms. The van der Waals surface area contributed by atoms with E-state index in [-0.39, 0.29) is 12.1 Å². The first-order chi connectivity index (χ1) is 24.3. The van der Waals surface area contributed by atoms with Crippen molar-refractivity contribution >= 4 is 5.97 Å². The SMILES string of the molecule is COC1CCC(CCC2CCC(N(C3CCC(CCC4CCC(OC(C)=O)CC4)CC3)C3CCC4C5CCCCC5C(C)(C)C4C3)CC2)CC1. The van der Waals surface area contributed by atoms with Gasteiger partial charge in [0.1, 0.15) is 6.10 Å². The van der Waals surface area contributed by atoms with E-state index in [4.69, 9.17) is 9.47 Å². The van der Waals surface area contributed by atoms with Crippen molar-refractivity contribution in [3.05, 3.63) is 0 Å². The van der Waals surface area contributed by atoms with Crippen LogP contribution >= 0.6 is 0 Å². The van der Waals surface area contributed by atoms with Crippen LogP contribution in [0.4, 0.5) is 0 Å². The molecule has 7 aliphatic rings. The summed E-state index contributed by atoms with van der Waals surface area (Å²) in [4.78, 5) is 14.7. The largest absolute Gasteiger partial charge is 0.463 e. The highest BCUT2D eigenvalue weighted by molar-refractivity contribution is 5.66. The van der Waals surface area contributed by atoms with Gasteiger partial charge >= 0.3 is 5.97 Å². The number of methoxy groups -OCH3 is 1. The van der Waals surface area contributed by atoms with E-state index in [1.54, 1.807) is 13.3 Å². The zero-order valence-electron chi connectivity index (χ0n) is 33.3. The van der Waals surface area contributed by atoms with Crippen LogP contribution in [0, 0.1) is 52.8 Å². The summed E-state index contributed by atoms with van der Waals surface area (Å²) < 4.78 is 11.2. The van der Waals surface area contributed by atoms with E-state index in [9.17, 15) is 4.79 Å². The van der Waals surface area contributed by atoms with Gasteiger partial charge in [0.05, 0.1) is 6.10 Å². The Morgan fingerprint density at radius 1 is 0.540 bits per heavy atom. The molecular weight excluding hydrogens is 615 g/mol. The zero-order chi connectivity index (χ0) is 34.7. The average Bonchev–Trinajstić information content (AvgIpc) is 3.37. The topological polar surface area (TPSA) is 38.8 Å². The molecule has 0 aromatic rings. The first kappa shape index (κ1) is 37.7. The molecule has 0 N–H and O–H groups in total. The number of carbonyl (C=O) groups excluding carboxylic acids is 1. The molecule has 7 aliphatic carbocycles. The van der Waals surface area contributed by atoms with Gasteiger partial charge in [0, 0.05) is 32.2 Å². The van der Waals surface area contributed by atoms with Crippen LogP contribution in [0.15, 0.2) is 0 Å². The summed E-state index contributed by atoms with van der Waals surface area (Å²) in [6, 6.07) is 2.55. The molecule has 5 unspecified atom stereocenters. The van der Waals surface area contributed by atoms with Crippen LogP contribution in [0.5, 0.6) is 0 Å². The number of hydrogen-bond donors (Lipinski definition) is 0. The maximum atomic E-state index is 11.4. The van der Waals surface area contributed by atoms with Gasteiger partial charge in [0.15, 0.2) is 0 Å². The lowest BCUT2D eigenvalue weighted by Crippen LogP contribution is -2.54. The Labute approximate surface area is 308 Å². The number of hydrogen-bond acceptors (Lipinski definition) is 4. The van der Waals surface area contributed by atoms with E-state index in [1.165, 1.54) is 154 Å². The highest BCUT2D eigenvalue weighted by atomic mass is 16.5. The van der Waals surface area contributed by atoms with Crippen LogP contribution in [0.25, 0.3) is 0 Å². The summed E-state index contributed by atoms with van der Waals surface area (Å²) in [7, 11) is 1.91. The van der Waals surface area contributed by atoms with Crippen molar-refractivity contribution in [2.45, 2.75) is 224 Å². The van der Waals surface area contributed by atoms with Crippen LogP contribution in [0.3, 0.4) is 0 Å². The summed E-state index contributed by atoms with van der Waals surface area (Å²) in [5, 5.41) is 0. The third-order valence-corrected chi connectivity index (χ3v) is 17.3. The van der Waals surface area contributed by atoms with Crippen molar-refractivity contribution in [3.8, 4) is 0 Å². The number of esters is 1. The second-order valence-corrected chi connectivity index (χ2v) is 20.2. The Bertz CT molecular complexity index is 1040. The van der Waals surface area contributed by atoms with Crippen molar-refractivity contribution < 1.29 is 14.3 Å². The van der Waals surface area contributed by atoms with Gasteiger partial charge in [-0.15, -0.1) is 0 Å². The molecule has 0 heterocycles. The summed E-state index contributed by atoms with van der Waals surface area (Å²) in [5.74, 6) is 7.71. The number of carbonyl (C=O) groups is 1. The molecule has 286 valence electrons. The van der Waals surface area contributed by atoms with Crippen LogP contribution < -0.4 is 0 Å². The van der Waals surface area contributed by atoms with E-state index in [2.05, 4.69) is 18.7 Å². The summed E-state index contributed by atoms with van der Waals surface area (Å²) in [6.07, 6.45) is 39.1. The molecular formula is C46H79NO3. The zero-order valence-corrected chi connectivity index (χ0v) is 33.3. The molecule has 7 saturated carbocycles. The Kier molecular flexibility index (Phi) is 13.0. The molecule has 50 heavy (non-hydrogen) atoms. The minimum absolute atomic E-state index is 0.0960. The van der Waals surface area contributed by atoms with Gasteiger partial charge in [-0.3, -0.25) is 9.69 Å².